The Morgan fingerprint density at radius 3 is 2.80 bits per heavy atom. The second-order valence-electron chi connectivity index (χ2n) is 4.72. The lowest BCUT2D eigenvalue weighted by atomic mass is 10.4. The number of H-pyrrole nitrogens is 1. The molecule has 0 atom stereocenters. The fraction of sp³-hybridized carbons (Fsp3) is 0.636. The summed E-state index contributed by atoms with van der Waals surface area (Å²) < 4.78 is 26.3. The molecule has 1 aliphatic heterocycles. The van der Waals surface area contributed by atoms with Gasteiger partial charge in [-0.05, 0) is 38.9 Å². The van der Waals surface area contributed by atoms with Crippen LogP contribution < -0.4 is 4.72 Å². The van der Waals surface area contributed by atoms with E-state index in [2.05, 4.69) is 19.8 Å². The number of aromatic amines is 1. The van der Waals surface area contributed by atoms with Crippen LogP contribution in [0.1, 0.15) is 29.6 Å². The summed E-state index contributed by atoms with van der Waals surface area (Å²) in [6.07, 6.45) is 4.07. The summed E-state index contributed by atoms with van der Waals surface area (Å²) in [6.45, 7) is 3.25. The van der Waals surface area contributed by atoms with E-state index in [-0.39, 0.29) is 12.1 Å². The number of nitrogens with one attached hydrogen (secondary N) is 2. The van der Waals surface area contributed by atoms with Crippen molar-refractivity contribution in [3.63, 3.8) is 0 Å². The Kier molecular flexibility index (Phi) is 4.73. The number of sulfonamides is 1. The molecule has 1 fully saturated rings. The van der Waals surface area contributed by atoms with Gasteiger partial charge in [0.2, 0.25) is 0 Å². The molecule has 2 heterocycles. The van der Waals surface area contributed by atoms with E-state index >= 15 is 0 Å². The number of rotatable bonds is 7. The zero-order valence-corrected chi connectivity index (χ0v) is 11.8. The highest BCUT2D eigenvalue weighted by Crippen LogP contribution is 2.11. The predicted octanol–water partition coefficient (Wildman–Crippen LogP) is -0.128. The Morgan fingerprint density at radius 1 is 1.45 bits per heavy atom. The van der Waals surface area contributed by atoms with E-state index < -0.39 is 21.0 Å². The number of carboxylic acid groups (broad SMARTS) is 1. The highest BCUT2D eigenvalue weighted by molar-refractivity contribution is 7.89. The average molecular weight is 302 g/mol. The summed E-state index contributed by atoms with van der Waals surface area (Å²) in [4.78, 5) is 13.2. The number of aromatic carboxylic acids is 1. The molecule has 1 aromatic heterocycles. The van der Waals surface area contributed by atoms with Crippen molar-refractivity contribution >= 4 is 16.0 Å². The average Bonchev–Trinajstić information content (AvgIpc) is 3.05. The SMILES string of the molecule is O=C(O)c1cn[nH]c1S(=O)(=O)NCCCN1CCCC1. The first kappa shape index (κ1) is 14.9. The van der Waals surface area contributed by atoms with Gasteiger partial charge in [0.1, 0.15) is 5.56 Å². The van der Waals surface area contributed by atoms with Crippen molar-refractivity contribution in [3.8, 4) is 0 Å². The van der Waals surface area contributed by atoms with Crippen LogP contribution in [0.3, 0.4) is 0 Å². The Balaban J connectivity index is 1.87. The normalized spacial score (nSPS) is 16.6. The summed E-state index contributed by atoms with van der Waals surface area (Å²) in [6, 6.07) is 0. The first-order valence-electron chi connectivity index (χ1n) is 6.49. The van der Waals surface area contributed by atoms with E-state index in [9.17, 15) is 13.2 Å². The number of nitrogens with zero attached hydrogens (tertiary/aromatic N) is 2. The van der Waals surface area contributed by atoms with Gasteiger partial charge in [-0.15, -0.1) is 0 Å². The van der Waals surface area contributed by atoms with Crippen molar-refractivity contribution in [1.82, 2.24) is 19.8 Å². The molecule has 1 aliphatic rings. The molecule has 0 bridgehead atoms. The van der Waals surface area contributed by atoms with Crippen molar-refractivity contribution in [2.75, 3.05) is 26.2 Å². The van der Waals surface area contributed by atoms with E-state index in [0.29, 0.717) is 6.42 Å². The first-order valence-corrected chi connectivity index (χ1v) is 7.98. The lowest BCUT2D eigenvalue weighted by Crippen LogP contribution is -2.29. The van der Waals surface area contributed by atoms with Gasteiger partial charge in [-0.25, -0.2) is 17.9 Å². The molecule has 9 heteroatoms. The number of likely N-dealkylation sites (tertiary alicyclic amines) is 1. The van der Waals surface area contributed by atoms with Crippen molar-refractivity contribution < 1.29 is 18.3 Å². The van der Waals surface area contributed by atoms with Crippen LogP contribution in [-0.2, 0) is 10.0 Å². The van der Waals surface area contributed by atoms with Crippen LogP contribution in [0.25, 0.3) is 0 Å². The maximum Gasteiger partial charge on any atom is 0.340 e. The molecular formula is C11H18N4O4S. The van der Waals surface area contributed by atoms with Gasteiger partial charge in [-0.3, -0.25) is 5.10 Å². The van der Waals surface area contributed by atoms with Crippen LogP contribution in [-0.4, -0.2) is 60.8 Å². The van der Waals surface area contributed by atoms with E-state index in [4.69, 9.17) is 5.11 Å². The van der Waals surface area contributed by atoms with Gasteiger partial charge in [0.25, 0.3) is 10.0 Å². The van der Waals surface area contributed by atoms with Crippen LogP contribution >= 0.6 is 0 Å². The van der Waals surface area contributed by atoms with Gasteiger partial charge >= 0.3 is 5.97 Å². The maximum atomic E-state index is 12.0. The predicted molar refractivity (Wildman–Crippen MR) is 71.0 cm³/mol. The smallest absolute Gasteiger partial charge is 0.340 e. The minimum Gasteiger partial charge on any atom is -0.478 e. The monoisotopic (exact) mass is 302 g/mol. The second kappa shape index (κ2) is 6.33. The van der Waals surface area contributed by atoms with Crippen LogP contribution in [0.4, 0.5) is 0 Å². The van der Waals surface area contributed by atoms with Crippen LogP contribution in [0.15, 0.2) is 11.2 Å². The number of hydrogen-bond donors (Lipinski definition) is 3. The van der Waals surface area contributed by atoms with Gasteiger partial charge in [0, 0.05) is 6.54 Å². The van der Waals surface area contributed by atoms with Crippen molar-refractivity contribution in [1.29, 1.82) is 0 Å². The number of aromatic nitrogens is 2. The van der Waals surface area contributed by atoms with Crippen molar-refractivity contribution in [2.45, 2.75) is 24.3 Å². The summed E-state index contributed by atoms with van der Waals surface area (Å²) in [5.74, 6) is -1.32. The molecule has 0 radical (unpaired) electrons. The molecule has 0 spiro atoms. The summed E-state index contributed by atoms with van der Waals surface area (Å²) >= 11 is 0. The van der Waals surface area contributed by atoms with Gasteiger partial charge in [0.05, 0.1) is 6.20 Å². The molecule has 0 unspecified atom stereocenters. The third-order valence-corrected chi connectivity index (χ3v) is 4.68. The maximum absolute atomic E-state index is 12.0. The standard InChI is InChI=1S/C11H18N4O4S/c16-11(17)9-8-12-14-10(9)20(18,19)13-4-3-7-15-5-1-2-6-15/h8,13H,1-7H2,(H,12,14)(H,16,17). The molecule has 3 N–H and O–H groups in total. The Morgan fingerprint density at radius 2 is 2.15 bits per heavy atom. The number of carboxylic acids is 1. The zero-order valence-electron chi connectivity index (χ0n) is 11.0. The van der Waals surface area contributed by atoms with E-state index in [0.717, 1.165) is 25.8 Å². The Bertz CT molecular complexity index is 563. The van der Waals surface area contributed by atoms with Crippen molar-refractivity contribution in [2.24, 2.45) is 0 Å². The van der Waals surface area contributed by atoms with E-state index in [1.807, 2.05) is 0 Å². The minimum atomic E-state index is -3.86. The quantitative estimate of drug-likeness (QED) is 0.604. The summed E-state index contributed by atoms with van der Waals surface area (Å²) in [5.41, 5.74) is -0.350. The van der Waals surface area contributed by atoms with Crippen molar-refractivity contribution in [3.05, 3.63) is 11.8 Å². The zero-order chi connectivity index (χ0) is 14.6. The second-order valence-corrected chi connectivity index (χ2v) is 6.42. The van der Waals surface area contributed by atoms with E-state index in [1.165, 1.54) is 12.8 Å². The minimum absolute atomic E-state index is 0.275. The van der Waals surface area contributed by atoms with Gasteiger partial charge < -0.3 is 10.0 Å². The van der Waals surface area contributed by atoms with Gasteiger partial charge in [-0.2, -0.15) is 5.10 Å². The lowest BCUT2D eigenvalue weighted by molar-refractivity contribution is 0.0692. The molecule has 2 rings (SSSR count). The van der Waals surface area contributed by atoms with Gasteiger partial charge in [-0.1, -0.05) is 0 Å². The topological polar surface area (TPSA) is 115 Å². The number of hydrogen-bond acceptors (Lipinski definition) is 5. The molecule has 20 heavy (non-hydrogen) atoms. The summed E-state index contributed by atoms with van der Waals surface area (Å²) in [5, 5.41) is 14.2. The highest BCUT2D eigenvalue weighted by atomic mass is 32.2. The fourth-order valence-corrected chi connectivity index (χ4v) is 3.38. The molecule has 1 saturated heterocycles. The largest absolute Gasteiger partial charge is 0.478 e. The molecule has 0 aliphatic carbocycles. The van der Waals surface area contributed by atoms with Crippen LogP contribution in [0.2, 0.25) is 0 Å². The Hall–Kier alpha value is -1.45. The fourth-order valence-electron chi connectivity index (χ4n) is 2.22. The molecular weight excluding hydrogens is 284 g/mol. The molecule has 112 valence electrons. The molecule has 0 aromatic carbocycles. The summed E-state index contributed by atoms with van der Waals surface area (Å²) in [7, 11) is -3.86. The highest BCUT2D eigenvalue weighted by Gasteiger charge is 2.24. The molecule has 0 saturated carbocycles. The lowest BCUT2D eigenvalue weighted by Gasteiger charge is -2.14. The third kappa shape index (κ3) is 3.56. The molecule has 8 nitrogen and oxygen atoms in total. The first-order chi connectivity index (χ1) is 9.50. The van der Waals surface area contributed by atoms with E-state index in [1.54, 1.807) is 0 Å². The third-order valence-electron chi connectivity index (χ3n) is 3.25. The molecule has 1 aromatic rings. The van der Waals surface area contributed by atoms with Crippen LogP contribution in [0, 0.1) is 0 Å². The Labute approximate surface area is 117 Å². The van der Waals surface area contributed by atoms with Gasteiger partial charge in [0.15, 0.2) is 5.03 Å². The number of carbonyl (C=O) groups is 1. The van der Waals surface area contributed by atoms with Crippen LogP contribution in [0.5, 0.6) is 0 Å². The molecule has 0 amide bonds.